The van der Waals surface area contributed by atoms with Crippen LogP contribution in [0.15, 0.2) is 0 Å². The van der Waals surface area contributed by atoms with E-state index in [9.17, 15) is 9.59 Å². The van der Waals surface area contributed by atoms with Gasteiger partial charge in [0.05, 0.1) is 12.2 Å². The van der Waals surface area contributed by atoms with Gasteiger partial charge >= 0.3 is 5.97 Å². The minimum atomic E-state index is -0.300. The Morgan fingerprint density at radius 2 is 2.04 bits per heavy atom. The minimum Gasteiger partial charge on any atom is -0.462 e. The van der Waals surface area contributed by atoms with Crippen LogP contribution in [0, 0.1) is 5.92 Å². The van der Waals surface area contributed by atoms with Crippen molar-refractivity contribution in [3.05, 3.63) is 16.0 Å². The number of anilines is 1. The summed E-state index contributed by atoms with van der Waals surface area (Å²) in [5, 5.41) is 3.62. The van der Waals surface area contributed by atoms with Gasteiger partial charge in [-0.25, -0.2) is 4.79 Å². The summed E-state index contributed by atoms with van der Waals surface area (Å²) in [5.41, 5.74) is 1.71. The second-order valence-corrected chi connectivity index (χ2v) is 7.23. The Morgan fingerprint density at radius 1 is 1.26 bits per heavy atom. The van der Waals surface area contributed by atoms with Gasteiger partial charge < -0.3 is 10.1 Å². The number of ether oxygens (including phenoxy) is 1. The van der Waals surface area contributed by atoms with E-state index in [2.05, 4.69) is 12.2 Å². The van der Waals surface area contributed by atoms with Crippen molar-refractivity contribution in [2.24, 2.45) is 5.92 Å². The lowest BCUT2D eigenvalue weighted by Crippen LogP contribution is -2.17. The first-order chi connectivity index (χ1) is 11.1. The summed E-state index contributed by atoms with van der Waals surface area (Å²) in [4.78, 5) is 25.6. The fourth-order valence-electron chi connectivity index (χ4n) is 3.23. The molecule has 1 amide bonds. The minimum absolute atomic E-state index is 0.0262. The highest BCUT2D eigenvalue weighted by Crippen LogP contribution is 2.41. The topological polar surface area (TPSA) is 55.4 Å². The van der Waals surface area contributed by atoms with Crippen LogP contribution < -0.4 is 5.32 Å². The summed E-state index contributed by atoms with van der Waals surface area (Å²) in [6.07, 6.45) is 6.73. The van der Waals surface area contributed by atoms with E-state index in [-0.39, 0.29) is 11.9 Å². The summed E-state index contributed by atoms with van der Waals surface area (Å²) in [6.45, 7) is 6.35. The molecule has 0 aromatic carbocycles. The molecule has 128 valence electrons. The van der Waals surface area contributed by atoms with Crippen LogP contribution in [0.4, 0.5) is 5.00 Å². The molecule has 1 aromatic heterocycles. The number of esters is 1. The van der Waals surface area contributed by atoms with Crippen LogP contribution in [0.25, 0.3) is 0 Å². The maximum absolute atomic E-state index is 12.4. The number of nitrogens with one attached hydrogen (secondary N) is 1. The largest absolute Gasteiger partial charge is 0.462 e. The van der Waals surface area contributed by atoms with E-state index in [1.54, 1.807) is 11.3 Å². The Bertz CT molecular complexity index is 565. The Morgan fingerprint density at radius 3 is 2.70 bits per heavy atom. The van der Waals surface area contributed by atoms with Crippen LogP contribution in [0.1, 0.15) is 73.7 Å². The SMILES string of the molecule is CCCC(=O)Nc1sc2c(c1C(=O)OCC)CC[C@@H](CCC)C2. The van der Waals surface area contributed by atoms with Crippen molar-refractivity contribution < 1.29 is 14.3 Å². The van der Waals surface area contributed by atoms with E-state index in [4.69, 9.17) is 4.74 Å². The summed E-state index contributed by atoms with van der Waals surface area (Å²) in [5.74, 6) is 0.368. The third-order valence-electron chi connectivity index (χ3n) is 4.27. The first kappa shape index (κ1) is 18.0. The number of hydrogen-bond acceptors (Lipinski definition) is 4. The van der Waals surface area contributed by atoms with E-state index in [0.29, 0.717) is 29.5 Å². The molecule has 23 heavy (non-hydrogen) atoms. The summed E-state index contributed by atoms with van der Waals surface area (Å²) in [6, 6.07) is 0. The second-order valence-electron chi connectivity index (χ2n) is 6.12. The molecule has 1 aromatic rings. The third-order valence-corrected chi connectivity index (χ3v) is 5.44. The average Bonchev–Trinajstić information content (AvgIpc) is 2.85. The quantitative estimate of drug-likeness (QED) is 0.742. The second kappa shape index (κ2) is 8.48. The number of carbonyl (C=O) groups is 2. The Labute approximate surface area is 142 Å². The highest BCUT2D eigenvalue weighted by atomic mass is 32.1. The zero-order chi connectivity index (χ0) is 16.8. The first-order valence-corrected chi connectivity index (χ1v) is 9.53. The zero-order valence-electron chi connectivity index (χ0n) is 14.4. The van der Waals surface area contributed by atoms with Crippen molar-refractivity contribution in [3.8, 4) is 0 Å². The molecule has 0 saturated heterocycles. The van der Waals surface area contributed by atoms with Crippen LogP contribution >= 0.6 is 11.3 Å². The number of fused-ring (bicyclic) bond motifs is 1. The van der Waals surface area contributed by atoms with Gasteiger partial charge in [0, 0.05) is 11.3 Å². The molecular weight excluding hydrogens is 310 g/mol. The first-order valence-electron chi connectivity index (χ1n) is 8.72. The highest BCUT2D eigenvalue weighted by Gasteiger charge is 2.29. The van der Waals surface area contributed by atoms with Gasteiger partial charge in [0.2, 0.25) is 5.91 Å². The molecule has 1 heterocycles. The fourth-order valence-corrected chi connectivity index (χ4v) is 4.60. The van der Waals surface area contributed by atoms with Crippen LogP contribution in [0.3, 0.4) is 0 Å². The van der Waals surface area contributed by atoms with Crippen molar-refractivity contribution in [3.63, 3.8) is 0 Å². The molecule has 4 nitrogen and oxygen atoms in total. The summed E-state index contributed by atoms with van der Waals surface area (Å²) in [7, 11) is 0. The maximum atomic E-state index is 12.4. The molecule has 0 fully saturated rings. The molecule has 1 atom stereocenters. The lowest BCUT2D eigenvalue weighted by atomic mass is 9.84. The zero-order valence-corrected chi connectivity index (χ0v) is 15.2. The Kier molecular flexibility index (Phi) is 6.63. The number of hydrogen-bond donors (Lipinski definition) is 1. The van der Waals surface area contributed by atoms with Gasteiger partial charge in [0.25, 0.3) is 0 Å². The lowest BCUT2D eigenvalue weighted by molar-refractivity contribution is -0.116. The van der Waals surface area contributed by atoms with Gasteiger partial charge in [-0.3, -0.25) is 4.79 Å². The number of thiophene rings is 1. The van der Waals surface area contributed by atoms with Gasteiger partial charge in [-0.15, -0.1) is 11.3 Å². The highest BCUT2D eigenvalue weighted by molar-refractivity contribution is 7.17. The molecule has 5 heteroatoms. The molecule has 0 radical (unpaired) electrons. The third kappa shape index (κ3) is 4.34. The van der Waals surface area contributed by atoms with Gasteiger partial charge in [-0.05, 0) is 44.1 Å². The van der Waals surface area contributed by atoms with Crippen molar-refractivity contribution in [2.45, 2.75) is 65.7 Å². The number of rotatable bonds is 7. The van der Waals surface area contributed by atoms with E-state index in [1.165, 1.54) is 17.7 Å². The number of amides is 1. The van der Waals surface area contributed by atoms with Gasteiger partial charge in [-0.2, -0.15) is 0 Å². The van der Waals surface area contributed by atoms with Crippen molar-refractivity contribution in [2.75, 3.05) is 11.9 Å². The Balaban J connectivity index is 2.29. The molecule has 0 saturated carbocycles. The number of carbonyl (C=O) groups excluding carboxylic acids is 2. The standard InChI is InChI=1S/C18H27NO3S/c1-4-7-12-9-10-13-14(11-12)23-17(19-15(20)8-5-2)16(13)18(21)22-6-3/h12H,4-11H2,1-3H3,(H,19,20)/t12-/m1/s1. The molecule has 0 aliphatic heterocycles. The van der Waals surface area contributed by atoms with Crippen LogP contribution in [0.2, 0.25) is 0 Å². The molecule has 0 spiro atoms. The normalized spacial score (nSPS) is 16.7. The van der Waals surface area contributed by atoms with Crippen LogP contribution in [0.5, 0.6) is 0 Å². The van der Waals surface area contributed by atoms with Crippen molar-refractivity contribution in [1.82, 2.24) is 0 Å². The van der Waals surface area contributed by atoms with Gasteiger partial charge in [0.15, 0.2) is 0 Å². The van der Waals surface area contributed by atoms with Crippen LogP contribution in [-0.2, 0) is 22.4 Å². The predicted octanol–water partition coefficient (Wildman–Crippen LogP) is 4.57. The van der Waals surface area contributed by atoms with E-state index < -0.39 is 0 Å². The molecule has 0 unspecified atom stereocenters. The van der Waals surface area contributed by atoms with E-state index >= 15 is 0 Å². The molecule has 2 rings (SSSR count). The average molecular weight is 337 g/mol. The molecule has 0 bridgehead atoms. The lowest BCUT2D eigenvalue weighted by Gasteiger charge is -2.21. The molecule has 1 aliphatic carbocycles. The van der Waals surface area contributed by atoms with E-state index in [0.717, 1.165) is 31.2 Å². The fraction of sp³-hybridized carbons (Fsp3) is 0.667. The van der Waals surface area contributed by atoms with Crippen LogP contribution in [-0.4, -0.2) is 18.5 Å². The molecule has 1 N–H and O–H groups in total. The molecule has 1 aliphatic rings. The Hall–Kier alpha value is -1.36. The van der Waals surface area contributed by atoms with E-state index in [1.807, 2.05) is 13.8 Å². The van der Waals surface area contributed by atoms with Gasteiger partial charge in [-0.1, -0.05) is 26.7 Å². The smallest absolute Gasteiger partial charge is 0.341 e. The van der Waals surface area contributed by atoms with Crippen molar-refractivity contribution in [1.29, 1.82) is 0 Å². The monoisotopic (exact) mass is 337 g/mol. The van der Waals surface area contributed by atoms with Gasteiger partial charge in [0.1, 0.15) is 5.00 Å². The summed E-state index contributed by atoms with van der Waals surface area (Å²) < 4.78 is 5.23. The predicted molar refractivity (Wildman–Crippen MR) is 94.2 cm³/mol. The van der Waals surface area contributed by atoms with Crippen molar-refractivity contribution >= 4 is 28.2 Å². The maximum Gasteiger partial charge on any atom is 0.341 e. The summed E-state index contributed by atoms with van der Waals surface area (Å²) >= 11 is 1.57. The molecular formula is C18H27NO3S.